The molecule has 2 heterocycles. The lowest BCUT2D eigenvalue weighted by atomic mass is 10.3. The molecule has 1 aromatic rings. The molecule has 1 aromatic heterocycles. The summed E-state index contributed by atoms with van der Waals surface area (Å²) < 4.78 is 5.10. The van der Waals surface area contributed by atoms with Crippen molar-refractivity contribution in [3.63, 3.8) is 0 Å². The third-order valence-corrected chi connectivity index (χ3v) is 3.32. The maximum absolute atomic E-state index is 11.7. The average molecular weight is 279 g/mol. The zero-order valence-electron chi connectivity index (χ0n) is 10.8. The van der Waals surface area contributed by atoms with E-state index in [2.05, 4.69) is 17.3 Å². The zero-order chi connectivity index (χ0) is 13.7. The fraction of sp³-hybridized carbons (Fsp3) is 0.385. The molecular weight excluding hydrogens is 262 g/mol. The van der Waals surface area contributed by atoms with Crippen LogP contribution in [-0.4, -0.2) is 54.0 Å². The topological polar surface area (TPSA) is 48.7 Å². The number of rotatable bonds is 2. The van der Waals surface area contributed by atoms with Gasteiger partial charge >= 0.3 is 0 Å². The minimum Gasteiger partial charge on any atom is -0.465 e. The van der Waals surface area contributed by atoms with E-state index in [9.17, 15) is 4.79 Å². The fourth-order valence-electron chi connectivity index (χ4n) is 1.78. The number of piperazine rings is 1. The lowest BCUT2D eigenvalue weighted by Crippen LogP contribution is -2.51. The summed E-state index contributed by atoms with van der Waals surface area (Å²) in [6, 6.07) is 3.55. The lowest BCUT2D eigenvalue weighted by Gasteiger charge is -2.33. The molecular formula is C13H17N3O2S. The summed E-state index contributed by atoms with van der Waals surface area (Å²) in [5.74, 6) is 0.404. The number of thiocarbonyl (C=S) groups is 1. The number of nitrogens with one attached hydrogen (secondary N) is 1. The van der Waals surface area contributed by atoms with E-state index in [0.717, 1.165) is 26.2 Å². The van der Waals surface area contributed by atoms with E-state index in [1.165, 1.54) is 6.08 Å². The first kappa shape index (κ1) is 13.8. The van der Waals surface area contributed by atoms with E-state index in [0.29, 0.717) is 10.9 Å². The molecule has 6 heteroatoms. The Hall–Kier alpha value is -1.66. The highest BCUT2D eigenvalue weighted by Gasteiger charge is 2.16. The molecule has 1 aliphatic rings. The maximum Gasteiger partial charge on any atom is 0.250 e. The molecule has 102 valence electrons. The van der Waals surface area contributed by atoms with Crippen LogP contribution in [0.3, 0.4) is 0 Å². The van der Waals surface area contributed by atoms with Crippen molar-refractivity contribution in [3.05, 3.63) is 30.2 Å². The third-order valence-electron chi connectivity index (χ3n) is 2.96. The Bertz CT molecular complexity index is 462. The van der Waals surface area contributed by atoms with Crippen molar-refractivity contribution in [1.29, 1.82) is 0 Å². The Labute approximate surface area is 117 Å². The molecule has 0 atom stereocenters. The largest absolute Gasteiger partial charge is 0.465 e. The van der Waals surface area contributed by atoms with E-state index < -0.39 is 0 Å². The van der Waals surface area contributed by atoms with E-state index in [1.807, 2.05) is 4.90 Å². The van der Waals surface area contributed by atoms with Crippen molar-refractivity contribution in [2.24, 2.45) is 0 Å². The molecule has 0 bridgehead atoms. The average Bonchev–Trinajstić information content (AvgIpc) is 2.90. The highest BCUT2D eigenvalue weighted by Crippen LogP contribution is 2.02. The van der Waals surface area contributed by atoms with Crippen LogP contribution in [0.2, 0.25) is 0 Å². The SMILES string of the molecule is CN1CCN(C(=S)NC(=O)/C=C/c2ccco2)CC1. The van der Waals surface area contributed by atoms with Gasteiger partial charge in [-0.2, -0.15) is 0 Å². The number of nitrogens with zero attached hydrogens (tertiary/aromatic N) is 2. The predicted molar refractivity (Wildman–Crippen MR) is 77.6 cm³/mol. The molecule has 1 aliphatic heterocycles. The zero-order valence-corrected chi connectivity index (χ0v) is 11.7. The van der Waals surface area contributed by atoms with Crippen molar-refractivity contribution in [1.82, 2.24) is 15.1 Å². The van der Waals surface area contributed by atoms with Gasteiger partial charge in [-0.25, -0.2) is 0 Å². The summed E-state index contributed by atoms with van der Waals surface area (Å²) in [6.45, 7) is 3.60. The quantitative estimate of drug-likeness (QED) is 0.645. The fourth-order valence-corrected chi connectivity index (χ4v) is 2.06. The van der Waals surface area contributed by atoms with Crippen molar-refractivity contribution in [2.45, 2.75) is 0 Å². The molecule has 0 unspecified atom stereocenters. The maximum atomic E-state index is 11.7. The minimum absolute atomic E-state index is 0.236. The Kier molecular flexibility index (Phi) is 4.70. The van der Waals surface area contributed by atoms with Gasteiger partial charge in [-0.1, -0.05) is 0 Å². The van der Waals surface area contributed by atoms with E-state index in [1.54, 1.807) is 24.5 Å². The second-order valence-electron chi connectivity index (χ2n) is 4.43. The number of hydrogen-bond acceptors (Lipinski definition) is 4. The molecule has 0 aromatic carbocycles. The minimum atomic E-state index is -0.236. The first-order valence-corrected chi connectivity index (χ1v) is 6.56. The van der Waals surface area contributed by atoms with Gasteiger partial charge in [0.2, 0.25) is 5.91 Å². The Morgan fingerprint density at radius 1 is 1.42 bits per heavy atom. The van der Waals surface area contributed by atoms with Crippen LogP contribution in [0.25, 0.3) is 6.08 Å². The van der Waals surface area contributed by atoms with E-state index in [-0.39, 0.29) is 5.91 Å². The molecule has 1 saturated heterocycles. The molecule has 1 fully saturated rings. The smallest absolute Gasteiger partial charge is 0.250 e. The molecule has 0 spiro atoms. The summed E-state index contributed by atoms with van der Waals surface area (Å²) in [6.07, 6.45) is 4.59. The number of furan rings is 1. The molecule has 0 radical (unpaired) electrons. The highest BCUT2D eigenvalue weighted by atomic mass is 32.1. The number of carbonyl (C=O) groups excluding carboxylic acids is 1. The monoisotopic (exact) mass is 279 g/mol. The lowest BCUT2D eigenvalue weighted by molar-refractivity contribution is -0.115. The molecule has 5 nitrogen and oxygen atoms in total. The summed E-state index contributed by atoms with van der Waals surface area (Å²) in [5.41, 5.74) is 0. The van der Waals surface area contributed by atoms with E-state index >= 15 is 0 Å². The van der Waals surface area contributed by atoms with Crippen LogP contribution in [0.15, 0.2) is 28.9 Å². The Morgan fingerprint density at radius 3 is 2.79 bits per heavy atom. The van der Waals surface area contributed by atoms with Gasteiger partial charge in [0.25, 0.3) is 0 Å². The summed E-state index contributed by atoms with van der Waals surface area (Å²) in [4.78, 5) is 15.9. The van der Waals surface area contributed by atoms with Crippen LogP contribution in [0.4, 0.5) is 0 Å². The van der Waals surface area contributed by atoms with Gasteiger partial charge in [-0.3, -0.25) is 10.1 Å². The standard InChI is InChI=1S/C13H17N3O2S/c1-15-6-8-16(9-7-15)13(19)14-12(17)5-4-11-3-2-10-18-11/h2-5,10H,6-9H2,1H3,(H,14,17,19)/b5-4+. The summed E-state index contributed by atoms with van der Waals surface area (Å²) >= 11 is 5.22. The number of amides is 1. The predicted octanol–water partition coefficient (Wildman–Crippen LogP) is 0.941. The molecule has 1 N–H and O–H groups in total. The number of hydrogen-bond donors (Lipinski definition) is 1. The first-order valence-electron chi connectivity index (χ1n) is 6.15. The third kappa shape index (κ3) is 4.18. The first-order chi connectivity index (χ1) is 9.15. The van der Waals surface area contributed by atoms with Gasteiger partial charge in [0.05, 0.1) is 6.26 Å². The Balaban J connectivity index is 1.80. The molecule has 2 rings (SSSR count). The summed E-state index contributed by atoms with van der Waals surface area (Å²) in [5, 5.41) is 3.19. The van der Waals surface area contributed by atoms with Gasteiger partial charge in [0.1, 0.15) is 5.76 Å². The van der Waals surface area contributed by atoms with Gasteiger partial charge in [-0.05, 0) is 37.5 Å². The molecule has 19 heavy (non-hydrogen) atoms. The van der Waals surface area contributed by atoms with Crippen LogP contribution in [0, 0.1) is 0 Å². The van der Waals surface area contributed by atoms with Crippen LogP contribution in [-0.2, 0) is 4.79 Å². The van der Waals surface area contributed by atoms with Crippen molar-refractivity contribution in [2.75, 3.05) is 33.2 Å². The van der Waals surface area contributed by atoms with Crippen molar-refractivity contribution in [3.8, 4) is 0 Å². The van der Waals surface area contributed by atoms with Gasteiger partial charge < -0.3 is 14.2 Å². The molecule has 1 amide bonds. The Morgan fingerprint density at radius 2 is 2.16 bits per heavy atom. The second-order valence-corrected chi connectivity index (χ2v) is 4.82. The van der Waals surface area contributed by atoms with E-state index in [4.69, 9.17) is 16.6 Å². The highest BCUT2D eigenvalue weighted by molar-refractivity contribution is 7.80. The van der Waals surface area contributed by atoms with Crippen LogP contribution in [0.5, 0.6) is 0 Å². The summed E-state index contributed by atoms with van der Waals surface area (Å²) in [7, 11) is 2.07. The van der Waals surface area contributed by atoms with Gasteiger partial charge in [0, 0.05) is 32.3 Å². The van der Waals surface area contributed by atoms with Crippen LogP contribution < -0.4 is 5.32 Å². The number of likely N-dealkylation sites (N-methyl/N-ethyl adjacent to an activating group) is 1. The van der Waals surface area contributed by atoms with Crippen molar-refractivity contribution >= 4 is 29.3 Å². The van der Waals surface area contributed by atoms with Crippen LogP contribution >= 0.6 is 12.2 Å². The molecule has 0 saturated carbocycles. The van der Waals surface area contributed by atoms with Gasteiger partial charge in [0.15, 0.2) is 5.11 Å². The van der Waals surface area contributed by atoms with Crippen molar-refractivity contribution < 1.29 is 9.21 Å². The van der Waals surface area contributed by atoms with Gasteiger partial charge in [-0.15, -0.1) is 0 Å². The second kappa shape index (κ2) is 6.49. The normalized spacial score (nSPS) is 16.8. The number of carbonyl (C=O) groups is 1. The molecule has 0 aliphatic carbocycles. The van der Waals surface area contributed by atoms with Crippen LogP contribution in [0.1, 0.15) is 5.76 Å².